The Bertz CT molecular complexity index is 846. The molecule has 1 amide bonds. The Labute approximate surface area is 154 Å². The molecule has 0 saturated heterocycles. The van der Waals surface area contributed by atoms with E-state index in [1.807, 2.05) is 18.2 Å². The number of H-pyrrole nitrogens is 1. The van der Waals surface area contributed by atoms with Crippen molar-refractivity contribution in [2.24, 2.45) is 17.8 Å². The molecular weight excluding hydrogens is 326 g/mol. The van der Waals surface area contributed by atoms with Gasteiger partial charge in [0.25, 0.3) is 0 Å². The number of aromatic nitrogens is 2. The lowest BCUT2D eigenvalue weighted by Gasteiger charge is -2.36. The van der Waals surface area contributed by atoms with Gasteiger partial charge in [-0.1, -0.05) is 27.2 Å². The summed E-state index contributed by atoms with van der Waals surface area (Å²) in [6, 6.07) is 5.79. The van der Waals surface area contributed by atoms with Crippen molar-refractivity contribution < 1.29 is 9.59 Å². The molecule has 1 unspecified atom stereocenters. The van der Waals surface area contributed by atoms with Gasteiger partial charge >= 0.3 is 0 Å². The second-order valence-corrected chi connectivity index (χ2v) is 8.95. The van der Waals surface area contributed by atoms with Crippen molar-refractivity contribution in [3.63, 3.8) is 0 Å². The van der Waals surface area contributed by atoms with Crippen LogP contribution in [0.1, 0.15) is 58.7 Å². The van der Waals surface area contributed by atoms with Crippen LogP contribution in [0.3, 0.4) is 0 Å². The normalized spacial score (nSPS) is 26.1. The van der Waals surface area contributed by atoms with Crippen molar-refractivity contribution in [1.29, 1.82) is 0 Å². The number of Topliss-reactive ketones (excluding diaryl/α,β-unsaturated/α-hetero) is 1. The van der Waals surface area contributed by atoms with Crippen LogP contribution in [0.15, 0.2) is 18.2 Å². The van der Waals surface area contributed by atoms with Gasteiger partial charge in [0, 0.05) is 28.9 Å². The maximum absolute atomic E-state index is 12.8. The number of aromatic amines is 1. The topological polar surface area (TPSA) is 74.8 Å². The molecule has 1 aromatic heterocycles. The van der Waals surface area contributed by atoms with Crippen LogP contribution in [0.25, 0.3) is 11.0 Å². The quantitative estimate of drug-likeness (QED) is 0.850. The molecule has 2 fully saturated rings. The van der Waals surface area contributed by atoms with Crippen LogP contribution >= 0.6 is 0 Å². The molecule has 2 aromatic rings. The molecule has 26 heavy (non-hydrogen) atoms. The number of anilines is 1. The molecule has 5 heteroatoms. The van der Waals surface area contributed by atoms with E-state index in [9.17, 15) is 9.59 Å². The summed E-state index contributed by atoms with van der Waals surface area (Å²) in [5.74, 6) is 1.53. The second kappa shape index (κ2) is 6.22. The van der Waals surface area contributed by atoms with E-state index in [2.05, 4.69) is 36.1 Å². The number of hydrogen-bond acceptors (Lipinski definition) is 3. The maximum Gasteiger partial charge on any atom is 0.227 e. The number of fused-ring (bicyclic) bond motifs is 3. The van der Waals surface area contributed by atoms with Gasteiger partial charge in [-0.2, -0.15) is 0 Å². The van der Waals surface area contributed by atoms with Crippen LogP contribution < -0.4 is 5.32 Å². The standard InChI is InChI=1S/C21H27N3O2/c1-21(2,3)20-23-16-8-7-15(11-17(16)24-20)22-19(26)14-9-12-5-4-6-13(10-14)18(12)25/h7-8,11-14H,4-6,9-10H2,1-3H3,(H,22,26)(H,23,24)/t12-,13+,14?. The molecule has 0 aliphatic heterocycles. The summed E-state index contributed by atoms with van der Waals surface area (Å²) in [6.07, 6.45) is 4.45. The van der Waals surface area contributed by atoms with Crippen molar-refractivity contribution in [2.75, 3.05) is 5.32 Å². The Morgan fingerprint density at radius 2 is 1.88 bits per heavy atom. The van der Waals surface area contributed by atoms with E-state index in [1.165, 1.54) is 0 Å². The first kappa shape index (κ1) is 17.3. The summed E-state index contributed by atoms with van der Waals surface area (Å²) in [6.45, 7) is 6.36. The molecule has 2 bridgehead atoms. The molecule has 1 aromatic carbocycles. The summed E-state index contributed by atoms with van der Waals surface area (Å²) in [5, 5.41) is 3.06. The summed E-state index contributed by atoms with van der Waals surface area (Å²) < 4.78 is 0. The number of imidazole rings is 1. The van der Waals surface area contributed by atoms with Gasteiger partial charge in [0.1, 0.15) is 11.6 Å². The SMILES string of the molecule is CC(C)(C)c1nc2ccc(NC(=O)C3C[C@H]4CCC[C@@H](C3)C4=O)cc2[nH]1. The smallest absolute Gasteiger partial charge is 0.227 e. The molecule has 1 heterocycles. The number of carbonyl (C=O) groups is 2. The largest absolute Gasteiger partial charge is 0.341 e. The minimum atomic E-state index is -0.0504. The monoisotopic (exact) mass is 353 g/mol. The Balaban J connectivity index is 1.50. The number of amides is 1. The van der Waals surface area contributed by atoms with Crippen molar-refractivity contribution in [3.05, 3.63) is 24.0 Å². The molecule has 0 spiro atoms. The number of ketones is 1. The van der Waals surface area contributed by atoms with Crippen LogP contribution in [-0.2, 0) is 15.0 Å². The van der Waals surface area contributed by atoms with E-state index in [1.54, 1.807) is 0 Å². The Morgan fingerprint density at radius 3 is 2.54 bits per heavy atom. The summed E-state index contributed by atoms with van der Waals surface area (Å²) in [4.78, 5) is 33.0. The second-order valence-electron chi connectivity index (χ2n) is 8.95. The zero-order chi connectivity index (χ0) is 18.5. The third kappa shape index (κ3) is 3.15. The fraction of sp³-hybridized carbons (Fsp3) is 0.571. The predicted octanol–water partition coefficient (Wildman–Crippen LogP) is 4.19. The van der Waals surface area contributed by atoms with Gasteiger partial charge < -0.3 is 10.3 Å². The van der Waals surface area contributed by atoms with Crippen molar-refractivity contribution in [1.82, 2.24) is 9.97 Å². The average molecular weight is 353 g/mol. The zero-order valence-corrected chi connectivity index (χ0v) is 15.8. The average Bonchev–Trinajstić information content (AvgIpc) is 2.98. The molecule has 0 radical (unpaired) electrons. The van der Waals surface area contributed by atoms with Crippen LogP contribution in [0, 0.1) is 17.8 Å². The van der Waals surface area contributed by atoms with Crippen LogP contribution in [0.5, 0.6) is 0 Å². The molecule has 2 N–H and O–H groups in total. The summed E-state index contributed by atoms with van der Waals surface area (Å²) in [5.41, 5.74) is 2.58. The van der Waals surface area contributed by atoms with Gasteiger partial charge in [-0.25, -0.2) is 4.98 Å². The van der Waals surface area contributed by atoms with Crippen molar-refractivity contribution >= 4 is 28.4 Å². The van der Waals surface area contributed by atoms with E-state index in [0.29, 0.717) is 18.6 Å². The predicted molar refractivity (Wildman–Crippen MR) is 102 cm³/mol. The number of hydrogen-bond donors (Lipinski definition) is 2. The van der Waals surface area contributed by atoms with Gasteiger partial charge in [-0.15, -0.1) is 0 Å². The molecule has 5 nitrogen and oxygen atoms in total. The highest BCUT2D eigenvalue weighted by Gasteiger charge is 2.41. The van der Waals surface area contributed by atoms with E-state index >= 15 is 0 Å². The number of nitrogens with zero attached hydrogens (tertiary/aromatic N) is 1. The first-order valence-electron chi connectivity index (χ1n) is 9.66. The van der Waals surface area contributed by atoms with Gasteiger partial charge in [-0.05, 0) is 43.9 Å². The lowest BCUT2D eigenvalue weighted by molar-refractivity contribution is -0.136. The highest BCUT2D eigenvalue weighted by molar-refractivity contribution is 5.96. The molecule has 2 aliphatic rings. The lowest BCUT2D eigenvalue weighted by Crippen LogP contribution is -2.40. The third-order valence-corrected chi connectivity index (χ3v) is 5.88. The lowest BCUT2D eigenvalue weighted by atomic mass is 9.67. The van der Waals surface area contributed by atoms with E-state index in [4.69, 9.17) is 0 Å². The van der Waals surface area contributed by atoms with Crippen LogP contribution in [-0.4, -0.2) is 21.7 Å². The minimum absolute atomic E-state index is 0.0457. The first-order chi connectivity index (χ1) is 12.3. The molecule has 3 atom stereocenters. The van der Waals surface area contributed by atoms with Gasteiger partial charge in [0.2, 0.25) is 5.91 Å². The minimum Gasteiger partial charge on any atom is -0.341 e. The third-order valence-electron chi connectivity index (χ3n) is 5.88. The summed E-state index contributed by atoms with van der Waals surface area (Å²) in [7, 11) is 0. The van der Waals surface area contributed by atoms with E-state index in [-0.39, 0.29) is 29.1 Å². The number of rotatable bonds is 2. The zero-order valence-electron chi connectivity index (χ0n) is 15.8. The molecule has 138 valence electrons. The molecule has 4 rings (SSSR count). The number of benzene rings is 1. The van der Waals surface area contributed by atoms with Gasteiger partial charge in [-0.3, -0.25) is 9.59 Å². The fourth-order valence-corrected chi connectivity index (χ4v) is 4.38. The Morgan fingerprint density at radius 1 is 1.19 bits per heavy atom. The first-order valence-corrected chi connectivity index (χ1v) is 9.66. The fourth-order valence-electron chi connectivity index (χ4n) is 4.38. The Kier molecular flexibility index (Phi) is 4.13. The molecule has 2 saturated carbocycles. The number of nitrogens with one attached hydrogen (secondary N) is 2. The van der Waals surface area contributed by atoms with Gasteiger partial charge in [0.05, 0.1) is 11.0 Å². The molecule has 2 aliphatic carbocycles. The van der Waals surface area contributed by atoms with Crippen LogP contribution in [0.2, 0.25) is 0 Å². The highest BCUT2D eigenvalue weighted by Crippen LogP contribution is 2.40. The van der Waals surface area contributed by atoms with E-state index < -0.39 is 0 Å². The highest BCUT2D eigenvalue weighted by atomic mass is 16.2. The van der Waals surface area contributed by atoms with Gasteiger partial charge in [0.15, 0.2) is 0 Å². The van der Waals surface area contributed by atoms with Crippen molar-refractivity contribution in [2.45, 2.75) is 58.3 Å². The Hall–Kier alpha value is -2.17. The number of carbonyl (C=O) groups excluding carboxylic acids is 2. The van der Waals surface area contributed by atoms with Crippen LogP contribution in [0.4, 0.5) is 5.69 Å². The van der Waals surface area contributed by atoms with Crippen molar-refractivity contribution in [3.8, 4) is 0 Å². The summed E-state index contributed by atoms with van der Waals surface area (Å²) >= 11 is 0. The van der Waals surface area contributed by atoms with E-state index in [0.717, 1.165) is 41.8 Å². The molecular formula is C21H27N3O2. The maximum atomic E-state index is 12.8.